The van der Waals surface area contributed by atoms with Gasteiger partial charge in [0, 0.05) is 0 Å². The molecule has 1 aromatic carbocycles. The average molecular weight is 310 g/mol. The Morgan fingerprint density at radius 1 is 1.16 bits per heavy atom. The number of benzene rings is 1. The molecule has 19 heavy (non-hydrogen) atoms. The van der Waals surface area contributed by atoms with Gasteiger partial charge in [-0.2, -0.15) is 22.0 Å². The van der Waals surface area contributed by atoms with Gasteiger partial charge in [0.1, 0.15) is 17.6 Å². The molecule has 0 bridgehead atoms. The lowest BCUT2D eigenvalue weighted by Gasteiger charge is -2.27. The second-order valence-corrected chi connectivity index (χ2v) is 3.45. The van der Waals surface area contributed by atoms with E-state index in [-0.39, 0.29) is 12.4 Å². The van der Waals surface area contributed by atoms with Crippen molar-refractivity contribution < 1.29 is 31.1 Å². The van der Waals surface area contributed by atoms with Gasteiger partial charge in [-0.25, -0.2) is 4.39 Å². The van der Waals surface area contributed by atoms with Gasteiger partial charge in [-0.05, 0) is 12.1 Å². The summed E-state index contributed by atoms with van der Waals surface area (Å²) in [5.74, 6) is -7.01. The number of methoxy groups -OCH3 is 1. The second-order valence-electron chi connectivity index (χ2n) is 3.45. The fraction of sp³-hybridized carbons (Fsp3) is 0.400. The van der Waals surface area contributed by atoms with Crippen LogP contribution in [0.1, 0.15) is 11.6 Å². The van der Waals surface area contributed by atoms with Crippen molar-refractivity contribution in [3.05, 3.63) is 29.6 Å². The Morgan fingerprint density at radius 2 is 1.68 bits per heavy atom. The van der Waals surface area contributed by atoms with Gasteiger partial charge in [-0.1, -0.05) is 6.07 Å². The molecule has 0 aliphatic heterocycles. The molecule has 0 fully saturated rings. The first-order chi connectivity index (χ1) is 8.13. The van der Waals surface area contributed by atoms with Gasteiger partial charge >= 0.3 is 12.1 Å². The standard InChI is InChI=1S/C10H9F6NO.ClH/c1-18-6-4-2-3-5(11)7(6)8(17)9(12,13)10(14,15)16;/h2-4,8H,17H2,1H3;1H/t8-;/m1./s1. The molecule has 0 heterocycles. The normalized spacial score (nSPS) is 13.7. The number of nitrogens with two attached hydrogens (primary N) is 1. The molecule has 0 amide bonds. The number of alkyl halides is 5. The SMILES string of the molecule is COc1cccc(F)c1[C@@H](N)C(F)(F)C(F)(F)F.Cl. The molecule has 0 spiro atoms. The van der Waals surface area contributed by atoms with Crippen LogP contribution in [0.3, 0.4) is 0 Å². The van der Waals surface area contributed by atoms with E-state index in [0.717, 1.165) is 25.3 Å². The van der Waals surface area contributed by atoms with Crippen molar-refractivity contribution in [2.45, 2.75) is 18.1 Å². The van der Waals surface area contributed by atoms with Gasteiger partial charge in [-0.3, -0.25) is 0 Å². The van der Waals surface area contributed by atoms with Crippen molar-refractivity contribution in [2.75, 3.05) is 7.11 Å². The zero-order valence-electron chi connectivity index (χ0n) is 9.47. The first-order valence-electron chi connectivity index (χ1n) is 4.65. The van der Waals surface area contributed by atoms with E-state index in [1.54, 1.807) is 0 Å². The zero-order chi connectivity index (χ0) is 14.1. The van der Waals surface area contributed by atoms with E-state index in [4.69, 9.17) is 5.73 Å². The third kappa shape index (κ3) is 3.24. The molecule has 1 atom stereocenters. The monoisotopic (exact) mass is 309 g/mol. The van der Waals surface area contributed by atoms with Crippen LogP contribution in [-0.2, 0) is 0 Å². The molecular weight excluding hydrogens is 300 g/mol. The van der Waals surface area contributed by atoms with Crippen molar-refractivity contribution in [3.63, 3.8) is 0 Å². The molecule has 0 saturated carbocycles. The van der Waals surface area contributed by atoms with Crippen molar-refractivity contribution >= 4 is 12.4 Å². The quantitative estimate of drug-likeness (QED) is 0.868. The summed E-state index contributed by atoms with van der Waals surface area (Å²) in [5, 5.41) is 0. The third-order valence-corrected chi connectivity index (χ3v) is 2.31. The molecule has 1 aromatic rings. The topological polar surface area (TPSA) is 35.2 Å². The maximum absolute atomic E-state index is 13.3. The number of rotatable bonds is 3. The van der Waals surface area contributed by atoms with E-state index >= 15 is 0 Å². The van der Waals surface area contributed by atoms with Crippen LogP contribution in [0.15, 0.2) is 18.2 Å². The lowest BCUT2D eigenvalue weighted by Crippen LogP contribution is -2.46. The minimum Gasteiger partial charge on any atom is -0.496 e. The van der Waals surface area contributed by atoms with Crippen LogP contribution in [0, 0.1) is 5.82 Å². The van der Waals surface area contributed by atoms with Crippen LogP contribution in [0.4, 0.5) is 26.3 Å². The van der Waals surface area contributed by atoms with Crippen molar-refractivity contribution in [3.8, 4) is 5.75 Å². The number of ether oxygens (including phenoxy) is 1. The molecule has 0 unspecified atom stereocenters. The summed E-state index contributed by atoms with van der Waals surface area (Å²) in [6.45, 7) is 0. The summed E-state index contributed by atoms with van der Waals surface area (Å²) in [7, 11) is 1.01. The Labute approximate surface area is 110 Å². The molecule has 0 radical (unpaired) electrons. The van der Waals surface area contributed by atoms with Crippen LogP contribution in [0.2, 0.25) is 0 Å². The van der Waals surface area contributed by atoms with E-state index in [1.807, 2.05) is 0 Å². The Morgan fingerprint density at radius 3 is 2.11 bits per heavy atom. The molecule has 2 nitrogen and oxygen atoms in total. The molecule has 9 heteroatoms. The summed E-state index contributed by atoms with van der Waals surface area (Å²) < 4.78 is 80.4. The van der Waals surface area contributed by atoms with Crippen LogP contribution in [0.5, 0.6) is 5.75 Å². The highest BCUT2D eigenvalue weighted by Gasteiger charge is 2.62. The largest absolute Gasteiger partial charge is 0.496 e. The second kappa shape index (κ2) is 5.87. The van der Waals surface area contributed by atoms with Crippen LogP contribution in [-0.4, -0.2) is 19.2 Å². The highest BCUT2D eigenvalue weighted by molar-refractivity contribution is 5.85. The van der Waals surface area contributed by atoms with Crippen molar-refractivity contribution in [1.29, 1.82) is 0 Å². The summed E-state index contributed by atoms with van der Waals surface area (Å²) in [4.78, 5) is 0. The Kier molecular flexibility index (Phi) is 5.52. The van der Waals surface area contributed by atoms with Crippen LogP contribution >= 0.6 is 12.4 Å². The summed E-state index contributed by atoms with van der Waals surface area (Å²) in [6, 6.07) is -0.000906. The molecule has 0 aromatic heterocycles. The van der Waals surface area contributed by atoms with E-state index < -0.39 is 35.3 Å². The minimum atomic E-state index is -5.88. The van der Waals surface area contributed by atoms with Crippen LogP contribution in [0.25, 0.3) is 0 Å². The third-order valence-electron chi connectivity index (χ3n) is 2.31. The van der Waals surface area contributed by atoms with E-state index in [2.05, 4.69) is 4.74 Å². The fourth-order valence-electron chi connectivity index (χ4n) is 1.35. The lowest BCUT2D eigenvalue weighted by atomic mass is 9.99. The smallest absolute Gasteiger partial charge is 0.455 e. The number of halogens is 7. The van der Waals surface area contributed by atoms with E-state index in [1.165, 1.54) is 0 Å². The first kappa shape index (κ1) is 17.9. The van der Waals surface area contributed by atoms with Gasteiger partial charge in [-0.15, -0.1) is 12.4 Å². The van der Waals surface area contributed by atoms with Gasteiger partial charge in [0.05, 0.1) is 12.7 Å². The lowest BCUT2D eigenvalue weighted by molar-refractivity contribution is -0.291. The van der Waals surface area contributed by atoms with Gasteiger partial charge in [0.15, 0.2) is 0 Å². The zero-order valence-corrected chi connectivity index (χ0v) is 10.3. The molecule has 110 valence electrons. The maximum Gasteiger partial charge on any atom is 0.455 e. The molecular formula is C10H10ClF6NO. The molecule has 0 aliphatic rings. The Hall–Kier alpha value is -1.15. The minimum absolute atomic E-state index is 0. The van der Waals surface area contributed by atoms with Crippen LogP contribution < -0.4 is 10.5 Å². The molecule has 0 aliphatic carbocycles. The Balaban J connectivity index is 0.00000324. The molecule has 1 rings (SSSR count). The highest BCUT2D eigenvalue weighted by atomic mass is 35.5. The molecule has 0 saturated heterocycles. The summed E-state index contributed by atoms with van der Waals surface area (Å²) >= 11 is 0. The van der Waals surface area contributed by atoms with E-state index in [9.17, 15) is 26.3 Å². The summed E-state index contributed by atoms with van der Waals surface area (Å²) in [6.07, 6.45) is -5.88. The predicted octanol–water partition coefficient (Wildman–Crippen LogP) is 3.45. The Bertz CT molecular complexity index is 437. The first-order valence-corrected chi connectivity index (χ1v) is 4.65. The van der Waals surface area contributed by atoms with Gasteiger partial charge in [0.25, 0.3) is 0 Å². The number of hydrogen-bond acceptors (Lipinski definition) is 2. The highest BCUT2D eigenvalue weighted by Crippen LogP contribution is 2.45. The average Bonchev–Trinajstić information content (AvgIpc) is 2.26. The predicted molar refractivity (Wildman–Crippen MR) is 58.1 cm³/mol. The number of hydrogen-bond donors (Lipinski definition) is 1. The molecule has 2 N–H and O–H groups in total. The van der Waals surface area contributed by atoms with Crippen molar-refractivity contribution in [1.82, 2.24) is 0 Å². The maximum atomic E-state index is 13.3. The van der Waals surface area contributed by atoms with Crippen molar-refractivity contribution in [2.24, 2.45) is 5.73 Å². The van der Waals surface area contributed by atoms with E-state index in [0.29, 0.717) is 0 Å². The fourth-order valence-corrected chi connectivity index (χ4v) is 1.35. The summed E-state index contributed by atoms with van der Waals surface area (Å²) in [5.41, 5.74) is 3.83. The van der Waals surface area contributed by atoms with Gasteiger partial charge < -0.3 is 10.5 Å². The van der Waals surface area contributed by atoms with Gasteiger partial charge in [0.2, 0.25) is 0 Å².